The monoisotopic (exact) mass is 306 g/mol. The van der Waals surface area contributed by atoms with E-state index in [0.717, 1.165) is 23.9 Å². The number of thiazole rings is 1. The lowest BCUT2D eigenvalue weighted by molar-refractivity contribution is 0.949. The molecule has 1 aliphatic heterocycles. The zero-order chi connectivity index (χ0) is 14.8. The highest BCUT2D eigenvalue weighted by Crippen LogP contribution is 2.40. The molecule has 0 N–H and O–H groups in total. The maximum absolute atomic E-state index is 4.98. The first kappa shape index (κ1) is 13.5. The summed E-state index contributed by atoms with van der Waals surface area (Å²) < 4.78 is 0. The molecular weight excluding hydrogens is 288 g/mol. The molecule has 0 saturated carbocycles. The van der Waals surface area contributed by atoms with E-state index in [1.807, 2.05) is 11.3 Å². The Hall–Kier alpha value is -2.13. The van der Waals surface area contributed by atoms with E-state index in [-0.39, 0.29) is 0 Å². The molecule has 0 spiro atoms. The van der Waals surface area contributed by atoms with E-state index in [9.17, 15) is 0 Å². The van der Waals surface area contributed by atoms with E-state index in [1.165, 1.54) is 28.8 Å². The first-order valence-electron chi connectivity index (χ1n) is 7.78. The van der Waals surface area contributed by atoms with Gasteiger partial charge in [0.1, 0.15) is 0 Å². The van der Waals surface area contributed by atoms with Crippen molar-refractivity contribution >= 4 is 16.5 Å². The number of hydrogen-bond acceptors (Lipinski definition) is 3. The molecular formula is C19H18N2S. The quantitative estimate of drug-likeness (QED) is 0.671. The summed E-state index contributed by atoms with van der Waals surface area (Å²) >= 11 is 1.82. The van der Waals surface area contributed by atoms with E-state index in [1.54, 1.807) is 0 Å². The van der Waals surface area contributed by atoms with Crippen molar-refractivity contribution in [3.63, 3.8) is 0 Å². The first-order valence-corrected chi connectivity index (χ1v) is 8.60. The molecule has 0 radical (unpaired) electrons. The fraction of sp³-hybridized carbons (Fsp3) is 0.211. The van der Waals surface area contributed by atoms with Crippen LogP contribution in [0.1, 0.15) is 12.8 Å². The maximum atomic E-state index is 4.98. The van der Waals surface area contributed by atoms with Gasteiger partial charge in [-0.25, -0.2) is 4.98 Å². The fourth-order valence-corrected chi connectivity index (χ4v) is 4.07. The normalized spacial score (nSPS) is 14.5. The average Bonchev–Trinajstić information content (AvgIpc) is 3.26. The third-order valence-corrected chi connectivity index (χ3v) is 5.24. The van der Waals surface area contributed by atoms with Crippen molar-refractivity contribution in [2.24, 2.45) is 0 Å². The lowest BCUT2D eigenvalue weighted by Gasteiger charge is -2.12. The molecule has 1 saturated heterocycles. The van der Waals surface area contributed by atoms with Crippen LogP contribution in [0.3, 0.4) is 0 Å². The van der Waals surface area contributed by atoms with Crippen LogP contribution in [0.4, 0.5) is 5.13 Å². The topological polar surface area (TPSA) is 16.1 Å². The molecule has 110 valence electrons. The predicted molar refractivity (Wildman–Crippen MR) is 94.4 cm³/mol. The van der Waals surface area contributed by atoms with E-state index in [2.05, 4.69) is 65.6 Å². The van der Waals surface area contributed by atoms with Gasteiger partial charge >= 0.3 is 0 Å². The summed E-state index contributed by atoms with van der Waals surface area (Å²) in [6, 6.07) is 21.1. The minimum absolute atomic E-state index is 1.11. The van der Waals surface area contributed by atoms with Crippen LogP contribution in [0, 0.1) is 0 Å². The number of anilines is 1. The second-order valence-corrected chi connectivity index (χ2v) is 6.58. The zero-order valence-corrected chi connectivity index (χ0v) is 13.2. The Bertz CT molecular complexity index is 687. The molecule has 0 aliphatic carbocycles. The molecule has 4 rings (SSSR count). The van der Waals surface area contributed by atoms with Gasteiger partial charge in [-0.05, 0) is 18.4 Å². The van der Waals surface area contributed by atoms with Gasteiger partial charge in [-0.1, -0.05) is 72.0 Å². The summed E-state index contributed by atoms with van der Waals surface area (Å²) in [4.78, 5) is 8.68. The van der Waals surface area contributed by atoms with Crippen LogP contribution in [0.25, 0.3) is 21.7 Å². The summed E-state index contributed by atoms with van der Waals surface area (Å²) in [5.41, 5.74) is 3.56. The third kappa shape index (κ3) is 2.53. The molecule has 2 aromatic carbocycles. The molecule has 2 heterocycles. The Labute approximate surface area is 135 Å². The Balaban J connectivity index is 1.84. The van der Waals surface area contributed by atoms with Gasteiger partial charge in [-0.3, -0.25) is 0 Å². The van der Waals surface area contributed by atoms with Gasteiger partial charge < -0.3 is 4.90 Å². The number of benzene rings is 2. The van der Waals surface area contributed by atoms with E-state index < -0.39 is 0 Å². The molecule has 3 heteroatoms. The van der Waals surface area contributed by atoms with Crippen LogP contribution >= 0.6 is 11.3 Å². The highest BCUT2D eigenvalue weighted by atomic mass is 32.1. The summed E-state index contributed by atoms with van der Waals surface area (Å²) in [5.74, 6) is 0. The van der Waals surface area contributed by atoms with Crippen LogP contribution in [-0.2, 0) is 0 Å². The largest absolute Gasteiger partial charge is 0.348 e. The smallest absolute Gasteiger partial charge is 0.186 e. The van der Waals surface area contributed by atoms with Crippen molar-refractivity contribution in [3.05, 3.63) is 60.7 Å². The second kappa shape index (κ2) is 5.93. The summed E-state index contributed by atoms with van der Waals surface area (Å²) in [6.45, 7) is 2.27. The Morgan fingerprint density at radius 3 is 2.00 bits per heavy atom. The first-order chi connectivity index (χ1) is 10.9. The second-order valence-electron chi connectivity index (χ2n) is 5.60. The standard InChI is InChI=1S/C19H18N2S/c1-3-9-15(10-4-1)17-18(16-11-5-2-6-12-16)22-19(20-17)21-13-7-8-14-21/h1-6,9-12H,7-8,13-14H2. The Morgan fingerprint density at radius 2 is 1.36 bits per heavy atom. The Morgan fingerprint density at radius 1 is 0.773 bits per heavy atom. The van der Waals surface area contributed by atoms with Gasteiger partial charge in [0.25, 0.3) is 0 Å². The molecule has 3 aromatic rings. The summed E-state index contributed by atoms with van der Waals surface area (Å²) in [5, 5.41) is 1.16. The number of aromatic nitrogens is 1. The van der Waals surface area contributed by atoms with Crippen molar-refractivity contribution in [1.29, 1.82) is 0 Å². The number of hydrogen-bond donors (Lipinski definition) is 0. The molecule has 0 bridgehead atoms. The Kier molecular flexibility index (Phi) is 3.65. The predicted octanol–water partition coefficient (Wildman–Crippen LogP) is 5.08. The van der Waals surface area contributed by atoms with Crippen molar-refractivity contribution in [2.45, 2.75) is 12.8 Å². The number of rotatable bonds is 3. The average molecular weight is 306 g/mol. The van der Waals surface area contributed by atoms with Crippen molar-refractivity contribution in [2.75, 3.05) is 18.0 Å². The fourth-order valence-electron chi connectivity index (χ4n) is 2.93. The van der Waals surface area contributed by atoms with E-state index in [0.29, 0.717) is 0 Å². The van der Waals surface area contributed by atoms with Crippen LogP contribution in [-0.4, -0.2) is 18.1 Å². The minimum Gasteiger partial charge on any atom is -0.348 e. The highest BCUT2D eigenvalue weighted by Gasteiger charge is 2.20. The van der Waals surface area contributed by atoms with Crippen molar-refractivity contribution < 1.29 is 0 Å². The van der Waals surface area contributed by atoms with E-state index >= 15 is 0 Å². The zero-order valence-electron chi connectivity index (χ0n) is 12.4. The number of nitrogens with zero attached hydrogens (tertiary/aromatic N) is 2. The molecule has 1 aromatic heterocycles. The van der Waals surface area contributed by atoms with Gasteiger partial charge in [0.05, 0.1) is 10.6 Å². The molecule has 0 amide bonds. The third-order valence-electron chi connectivity index (χ3n) is 4.08. The summed E-state index contributed by atoms with van der Waals surface area (Å²) in [7, 11) is 0. The van der Waals surface area contributed by atoms with Crippen LogP contribution in [0.15, 0.2) is 60.7 Å². The van der Waals surface area contributed by atoms with Gasteiger partial charge in [-0.2, -0.15) is 0 Å². The van der Waals surface area contributed by atoms with Gasteiger partial charge in [0.2, 0.25) is 0 Å². The molecule has 1 fully saturated rings. The van der Waals surface area contributed by atoms with E-state index in [4.69, 9.17) is 4.98 Å². The van der Waals surface area contributed by atoms with Crippen LogP contribution in [0.2, 0.25) is 0 Å². The molecule has 1 aliphatic rings. The molecule has 0 unspecified atom stereocenters. The molecule has 0 atom stereocenters. The minimum atomic E-state index is 1.11. The van der Waals surface area contributed by atoms with Crippen LogP contribution < -0.4 is 4.90 Å². The lowest BCUT2D eigenvalue weighted by atomic mass is 10.1. The van der Waals surface area contributed by atoms with Gasteiger partial charge in [-0.15, -0.1) is 0 Å². The lowest BCUT2D eigenvalue weighted by Crippen LogP contribution is -2.17. The van der Waals surface area contributed by atoms with Crippen molar-refractivity contribution in [1.82, 2.24) is 4.98 Å². The highest BCUT2D eigenvalue weighted by molar-refractivity contribution is 7.19. The maximum Gasteiger partial charge on any atom is 0.186 e. The summed E-state index contributed by atoms with van der Waals surface area (Å²) in [6.07, 6.45) is 2.56. The van der Waals surface area contributed by atoms with Crippen molar-refractivity contribution in [3.8, 4) is 21.7 Å². The van der Waals surface area contributed by atoms with Crippen LogP contribution in [0.5, 0.6) is 0 Å². The molecule has 22 heavy (non-hydrogen) atoms. The van der Waals surface area contributed by atoms with Gasteiger partial charge in [0, 0.05) is 18.7 Å². The SMILES string of the molecule is c1ccc(-c2nc(N3CCCC3)sc2-c2ccccc2)cc1. The molecule has 2 nitrogen and oxygen atoms in total. The van der Waals surface area contributed by atoms with Gasteiger partial charge in [0.15, 0.2) is 5.13 Å².